The van der Waals surface area contributed by atoms with Crippen LogP contribution < -0.4 is 16.6 Å². The summed E-state index contributed by atoms with van der Waals surface area (Å²) in [6, 6.07) is 0. The molecule has 0 amide bonds. The number of rotatable bonds is 4. The number of nitrogens with two attached hydrogens (primary N) is 1. The molecule has 1 aliphatic carbocycles. The van der Waals surface area contributed by atoms with Crippen LogP contribution in [0.15, 0.2) is 0 Å². The molecule has 1 fully saturated rings. The van der Waals surface area contributed by atoms with Gasteiger partial charge >= 0.3 is 6.18 Å². The molecule has 0 atom stereocenters. The fourth-order valence-electron chi connectivity index (χ4n) is 1.55. The van der Waals surface area contributed by atoms with Crippen molar-refractivity contribution in [2.24, 2.45) is 5.84 Å². The molecule has 1 heterocycles. The average Bonchev–Trinajstić information content (AvgIpc) is 3.10. The van der Waals surface area contributed by atoms with Crippen molar-refractivity contribution >= 4 is 11.6 Å². The van der Waals surface area contributed by atoms with E-state index in [1.54, 1.807) is 6.92 Å². The lowest BCUT2D eigenvalue weighted by Crippen LogP contribution is -2.23. The first-order chi connectivity index (χ1) is 8.40. The fraction of sp³-hybridized carbons (Fsp3) is 0.600. The smallest absolute Gasteiger partial charge is 0.361 e. The Kier molecular flexibility index (Phi) is 3.29. The van der Waals surface area contributed by atoms with Gasteiger partial charge in [0.2, 0.25) is 0 Å². The van der Waals surface area contributed by atoms with E-state index in [0.717, 1.165) is 12.8 Å². The number of hydrogen-bond donors (Lipinski definition) is 3. The van der Waals surface area contributed by atoms with E-state index >= 15 is 0 Å². The highest BCUT2D eigenvalue weighted by atomic mass is 19.4. The highest BCUT2D eigenvalue weighted by molar-refractivity contribution is 5.57. The number of hydrogen-bond acceptors (Lipinski definition) is 5. The first-order valence-corrected chi connectivity index (χ1v) is 5.56. The van der Waals surface area contributed by atoms with E-state index in [0.29, 0.717) is 17.2 Å². The molecule has 8 heteroatoms. The maximum atomic E-state index is 12.2. The molecule has 1 aromatic heterocycles. The van der Waals surface area contributed by atoms with Crippen molar-refractivity contribution in [3.63, 3.8) is 0 Å². The molecule has 1 aromatic rings. The first-order valence-electron chi connectivity index (χ1n) is 5.56. The molecule has 18 heavy (non-hydrogen) atoms. The van der Waals surface area contributed by atoms with Crippen molar-refractivity contribution in [2.45, 2.75) is 31.9 Å². The molecule has 2 rings (SSSR count). The van der Waals surface area contributed by atoms with Gasteiger partial charge in [0.15, 0.2) is 0 Å². The standard InChI is InChI=1S/C10H14F3N5/c1-5-7(15-4-10(11,12)13)16-9(6-2-3-6)17-8(5)18-14/h6H,2-4,14H2,1H3,(H2,15,16,17,18). The molecular formula is C10H14F3N5. The molecule has 4 N–H and O–H groups in total. The number of alkyl halides is 3. The average molecular weight is 261 g/mol. The van der Waals surface area contributed by atoms with Crippen LogP contribution in [0.2, 0.25) is 0 Å². The van der Waals surface area contributed by atoms with Crippen LogP contribution in [-0.4, -0.2) is 22.7 Å². The number of aromatic nitrogens is 2. The maximum Gasteiger partial charge on any atom is 0.405 e. The summed E-state index contributed by atoms with van der Waals surface area (Å²) in [5.74, 6) is 6.62. The number of hydrazine groups is 1. The van der Waals surface area contributed by atoms with Crippen molar-refractivity contribution in [1.82, 2.24) is 9.97 Å². The molecule has 5 nitrogen and oxygen atoms in total. The number of nitrogens with zero attached hydrogens (tertiary/aromatic N) is 2. The summed E-state index contributed by atoms with van der Waals surface area (Å²) in [5, 5.41) is 2.28. The van der Waals surface area contributed by atoms with Gasteiger partial charge in [-0.2, -0.15) is 13.2 Å². The summed E-state index contributed by atoms with van der Waals surface area (Å²) in [6.45, 7) is 0.490. The van der Waals surface area contributed by atoms with Crippen molar-refractivity contribution in [3.05, 3.63) is 11.4 Å². The zero-order valence-electron chi connectivity index (χ0n) is 9.80. The van der Waals surface area contributed by atoms with Gasteiger partial charge in [0.1, 0.15) is 24.0 Å². The van der Waals surface area contributed by atoms with Crippen molar-refractivity contribution in [2.75, 3.05) is 17.3 Å². The van der Waals surface area contributed by atoms with E-state index in [1.807, 2.05) is 0 Å². The fourth-order valence-corrected chi connectivity index (χ4v) is 1.55. The second kappa shape index (κ2) is 4.60. The molecule has 0 aromatic carbocycles. The van der Waals surface area contributed by atoms with Crippen molar-refractivity contribution in [3.8, 4) is 0 Å². The van der Waals surface area contributed by atoms with Crippen LogP contribution in [0.3, 0.4) is 0 Å². The number of nitrogen functional groups attached to an aromatic ring is 1. The summed E-state index contributed by atoms with van der Waals surface area (Å²) in [6.07, 6.45) is -2.36. The van der Waals surface area contributed by atoms with E-state index in [4.69, 9.17) is 5.84 Å². The van der Waals surface area contributed by atoms with Crippen LogP contribution in [0.25, 0.3) is 0 Å². The predicted molar refractivity (Wildman–Crippen MR) is 61.1 cm³/mol. The maximum absolute atomic E-state index is 12.2. The Morgan fingerprint density at radius 3 is 2.39 bits per heavy atom. The van der Waals surface area contributed by atoms with Gasteiger partial charge in [0, 0.05) is 11.5 Å². The van der Waals surface area contributed by atoms with E-state index in [9.17, 15) is 13.2 Å². The van der Waals surface area contributed by atoms with Gasteiger partial charge < -0.3 is 10.7 Å². The highest BCUT2D eigenvalue weighted by Gasteiger charge is 2.30. The Labute approximate surface area is 102 Å². The lowest BCUT2D eigenvalue weighted by molar-refractivity contribution is -0.115. The summed E-state index contributed by atoms with van der Waals surface area (Å²) in [4.78, 5) is 8.32. The molecule has 0 spiro atoms. The van der Waals surface area contributed by atoms with Crippen molar-refractivity contribution in [1.29, 1.82) is 0 Å². The van der Waals surface area contributed by atoms with Crippen LogP contribution >= 0.6 is 0 Å². The number of anilines is 2. The van der Waals surface area contributed by atoms with Gasteiger partial charge in [-0.1, -0.05) is 0 Å². The topological polar surface area (TPSA) is 75.9 Å². The largest absolute Gasteiger partial charge is 0.405 e. The third-order valence-corrected chi connectivity index (χ3v) is 2.70. The molecule has 0 unspecified atom stereocenters. The number of halogens is 3. The summed E-state index contributed by atoms with van der Waals surface area (Å²) in [5.41, 5.74) is 2.86. The van der Waals surface area contributed by atoms with Crippen LogP contribution in [0.1, 0.15) is 30.1 Å². The SMILES string of the molecule is Cc1c(NN)nc(C2CC2)nc1NCC(F)(F)F. The molecule has 0 aliphatic heterocycles. The predicted octanol–water partition coefficient (Wildman–Crippen LogP) is 1.92. The minimum absolute atomic E-state index is 0.178. The van der Waals surface area contributed by atoms with Crippen molar-refractivity contribution < 1.29 is 13.2 Å². The molecule has 1 aliphatic rings. The quantitative estimate of drug-likeness (QED) is 0.570. The minimum Gasteiger partial charge on any atom is -0.361 e. The lowest BCUT2D eigenvalue weighted by Gasteiger charge is -2.14. The Hall–Kier alpha value is -1.57. The summed E-state index contributed by atoms with van der Waals surface area (Å²) >= 11 is 0. The normalized spacial score (nSPS) is 15.6. The van der Waals surface area contributed by atoms with Gasteiger partial charge in [0.05, 0.1) is 0 Å². The second-order valence-electron chi connectivity index (χ2n) is 4.29. The molecular weight excluding hydrogens is 247 g/mol. The molecule has 1 saturated carbocycles. The highest BCUT2D eigenvalue weighted by Crippen LogP contribution is 2.39. The monoisotopic (exact) mass is 261 g/mol. The molecule has 100 valence electrons. The molecule has 0 saturated heterocycles. The summed E-state index contributed by atoms with van der Waals surface area (Å²) < 4.78 is 36.5. The first kappa shape index (κ1) is 12.9. The van der Waals surface area contributed by atoms with Gasteiger partial charge in [-0.05, 0) is 19.8 Å². The van der Waals surface area contributed by atoms with Gasteiger partial charge in [-0.15, -0.1) is 0 Å². The zero-order chi connectivity index (χ0) is 13.3. The van der Waals surface area contributed by atoms with Gasteiger partial charge in [-0.3, -0.25) is 0 Å². The van der Waals surface area contributed by atoms with Crippen LogP contribution in [0.4, 0.5) is 24.8 Å². The van der Waals surface area contributed by atoms with Crippen LogP contribution in [-0.2, 0) is 0 Å². The zero-order valence-corrected chi connectivity index (χ0v) is 9.80. The van der Waals surface area contributed by atoms with E-state index in [-0.39, 0.29) is 11.7 Å². The van der Waals surface area contributed by atoms with E-state index < -0.39 is 12.7 Å². The Morgan fingerprint density at radius 1 is 1.28 bits per heavy atom. The number of nitrogens with one attached hydrogen (secondary N) is 2. The molecule has 0 bridgehead atoms. The Bertz CT molecular complexity index is 442. The Balaban J connectivity index is 2.24. The third kappa shape index (κ3) is 3.00. The van der Waals surface area contributed by atoms with Gasteiger partial charge in [-0.25, -0.2) is 15.8 Å². The van der Waals surface area contributed by atoms with Gasteiger partial charge in [0.25, 0.3) is 0 Å². The minimum atomic E-state index is -4.28. The second-order valence-corrected chi connectivity index (χ2v) is 4.29. The Morgan fingerprint density at radius 2 is 1.89 bits per heavy atom. The van der Waals surface area contributed by atoms with E-state index in [1.165, 1.54) is 0 Å². The van der Waals surface area contributed by atoms with Crippen LogP contribution in [0.5, 0.6) is 0 Å². The lowest BCUT2D eigenvalue weighted by atomic mass is 10.3. The molecule has 0 radical (unpaired) electrons. The third-order valence-electron chi connectivity index (χ3n) is 2.70. The summed E-state index contributed by atoms with van der Waals surface area (Å²) in [7, 11) is 0. The van der Waals surface area contributed by atoms with E-state index in [2.05, 4.69) is 20.7 Å². The van der Waals surface area contributed by atoms with Crippen LogP contribution in [0, 0.1) is 6.92 Å².